The van der Waals surface area contributed by atoms with Crippen LogP contribution in [0.25, 0.3) is 11.4 Å². The van der Waals surface area contributed by atoms with E-state index in [9.17, 15) is 10.1 Å². The van der Waals surface area contributed by atoms with Gasteiger partial charge in [0.25, 0.3) is 11.6 Å². The summed E-state index contributed by atoms with van der Waals surface area (Å²) in [6.07, 6.45) is 0. The summed E-state index contributed by atoms with van der Waals surface area (Å²) in [6, 6.07) is 12.0. The van der Waals surface area contributed by atoms with Crippen molar-refractivity contribution >= 4 is 21.6 Å². The molecule has 0 radical (unpaired) electrons. The first kappa shape index (κ1) is 19.0. The predicted molar refractivity (Wildman–Crippen MR) is 104 cm³/mol. The number of halogens is 1. The van der Waals surface area contributed by atoms with Crippen LogP contribution >= 0.6 is 15.9 Å². The van der Waals surface area contributed by atoms with Gasteiger partial charge in [-0.25, -0.2) is 0 Å². The second-order valence-corrected chi connectivity index (χ2v) is 7.86. The number of hydrogen-bond acceptors (Lipinski definition) is 6. The van der Waals surface area contributed by atoms with Crippen LogP contribution in [0.3, 0.4) is 0 Å². The van der Waals surface area contributed by atoms with E-state index in [0.29, 0.717) is 11.3 Å². The molecule has 0 spiro atoms. The maximum Gasteiger partial charge on any atom is 0.270 e. The minimum atomic E-state index is -0.466. The molecule has 27 heavy (non-hydrogen) atoms. The number of non-ortho nitro benzene ring substituents is 1. The van der Waals surface area contributed by atoms with Crippen LogP contribution in [0.4, 0.5) is 5.69 Å². The highest BCUT2D eigenvalue weighted by Gasteiger charge is 2.16. The summed E-state index contributed by atoms with van der Waals surface area (Å²) < 4.78 is 11.8. The van der Waals surface area contributed by atoms with E-state index in [0.717, 1.165) is 4.47 Å². The molecule has 0 aliphatic rings. The van der Waals surface area contributed by atoms with Crippen LogP contribution in [-0.2, 0) is 12.0 Å². The van der Waals surface area contributed by atoms with Crippen molar-refractivity contribution in [1.82, 2.24) is 10.1 Å². The van der Waals surface area contributed by atoms with Gasteiger partial charge in [-0.1, -0.05) is 44.1 Å². The molecular formula is C19H18BrN3O4. The lowest BCUT2D eigenvalue weighted by Crippen LogP contribution is -2.11. The summed E-state index contributed by atoms with van der Waals surface area (Å²) in [5.74, 6) is 1.22. The van der Waals surface area contributed by atoms with Crippen LogP contribution < -0.4 is 4.74 Å². The first-order valence-corrected chi connectivity index (χ1v) is 9.03. The van der Waals surface area contributed by atoms with Gasteiger partial charge in [0.2, 0.25) is 5.82 Å². The molecule has 0 N–H and O–H groups in total. The summed E-state index contributed by atoms with van der Waals surface area (Å²) in [5.41, 5.74) is 1.71. The second kappa shape index (κ2) is 7.48. The Kier molecular flexibility index (Phi) is 5.27. The Morgan fingerprint density at radius 1 is 1.22 bits per heavy atom. The predicted octanol–water partition coefficient (Wildman–Crippen LogP) is 5.28. The normalized spacial score (nSPS) is 11.4. The highest BCUT2D eigenvalue weighted by molar-refractivity contribution is 9.10. The highest BCUT2D eigenvalue weighted by Crippen LogP contribution is 2.32. The van der Waals surface area contributed by atoms with E-state index < -0.39 is 4.92 Å². The Bertz CT molecular complexity index is 979. The van der Waals surface area contributed by atoms with Gasteiger partial charge in [-0.2, -0.15) is 4.98 Å². The van der Waals surface area contributed by atoms with Gasteiger partial charge in [0.1, 0.15) is 5.75 Å². The second-order valence-electron chi connectivity index (χ2n) is 7.00. The molecule has 8 heteroatoms. The van der Waals surface area contributed by atoms with Gasteiger partial charge in [0.05, 0.1) is 9.40 Å². The Hall–Kier alpha value is -2.74. The highest BCUT2D eigenvalue weighted by atomic mass is 79.9. The fraction of sp³-hybridized carbons (Fsp3) is 0.263. The summed E-state index contributed by atoms with van der Waals surface area (Å²) >= 11 is 3.52. The number of ether oxygens (including phenoxy) is 1. The zero-order chi connectivity index (χ0) is 19.6. The Morgan fingerprint density at radius 3 is 2.67 bits per heavy atom. The van der Waals surface area contributed by atoms with Crippen molar-refractivity contribution in [2.24, 2.45) is 0 Å². The van der Waals surface area contributed by atoms with Crippen molar-refractivity contribution in [2.45, 2.75) is 32.8 Å². The summed E-state index contributed by atoms with van der Waals surface area (Å²) in [7, 11) is 0. The van der Waals surface area contributed by atoms with Gasteiger partial charge in [-0.3, -0.25) is 10.1 Å². The van der Waals surface area contributed by atoms with Crippen LogP contribution in [0.2, 0.25) is 0 Å². The maximum absolute atomic E-state index is 10.9. The Balaban J connectivity index is 1.72. The third-order valence-electron chi connectivity index (χ3n) is 3.93. The molecule has 0 saturated carbocycles. The third-order valence-corrected chi connectivity index (χ3v) is 4.55. The molecular weight excluding hydrogens is 414 g/mol. The van der Waals surface area contributed by atoms with E-state index in [4.69, 9.17) is 9.26 Å². The molecule has 0 aliphatic heterocycles. The number of benzene rings is 2. The van der Waals surface area contributed by atoms with Gasteiger partial charge >= 0.3 is 0 Å². The number of nitro groups is 1. The van der Waals surface area contributed by atoms with Crippen LogP contribution in [0.15, 0.2) is 51.5 Å². The lowest BCUT2D eigenvalue weighted by molar-refractivity contribution is -0.384. The zero-order valence-electron chi connectivity index (χ0n) is 15.1. The van der Waals surface area contributed by atoms with Gasteiger partial charge in [0, 0.05) is 17.7 Å². The zero-order valence-corrected chi connectivity index (χ0v) is 16.7. The average Bonchev–Trinajstić information content (AvgIpc) is 3.09. The Labute approximate surface area is 164 Å². The number of nitrogens with zero attached hydrogens (tertiary/aromatic N) is 3. The molecule has 0 atom stereocenters. The topological polar surface area (TPSA) is 91.3 Å². The van der Waals surface area contributed by atoms with E-state index >= 15 is 0 Å². The monoisotopic (exact) mass is 431 g/mol. The van der Waals surface area contributed by atoms with Crippen LogP contribution in [-0.4, -0.2) is 15.1 Å². The first-order valence-electron chi connectivity index (χ1n) is 8.24. The van der Waals surface area contributed by atoms with Crippen molar-refractivity contribution in [2.75, 3.05) is 0 Å². The molecule has 0 amide bonds. The lowest BCUT2D eigenvalue weighted by atomic mass is 9.87. The van der Waals surface area contributed by atoms with Crippen molar-refractivity contribution < 1.29 is 14.2 Å². The van der Waals surface area contributed by atoms with Gasteiger partial charge < -0.3 is 9.26 Å². The van der Waals surface area contributed by atoms with Crippen molar-refractivity contribution in [3.8, 4) is 17.1 Å². The molecule has 0 aliphatic carbocycles. The first-order chi connectivity index (χ1) is 12.7. The largest absolute Gasteiger partial charge is 0.483 e. The molecule has 0 saturated heterocycles. The Morgan fingerprint density at radius 2 is 2.00 bits per heavy atom. The molecule has 0 fully saturated rings. The summed E-state index contributed by atoms with van der Waals surface area (Å²) in [5, 5.41) is 14.8. The number of hydrogen-bond donors (Lipinski definition) is 0. The summed E-state index contributed by atoms with van der Waals surface area (Å²) in [4.78, 5) is 14.7. The number of aromatic nitrogens is 2. The smallest absolute Gasteiger partial charge is 0.270 e. The van der Waals surface area contributed by atoms with Crippen molar-refractivity contribution in [3.63, 3.8) is 0 Å². The van der Waals surface area contributed by atoms with Crippen molar-refractivity contribution in [1.29, 1.82) is 0 Å². The molecule has 7 nitrogen and oxygen atoms in total. The van der Waals surface area contributed by atoms with E-state index in [1.807, 2.05) is 18.2 Å². The van der Waals surface area contributed by atoms with E-state index in [1.165, 1.54) is 17.7 Å². The van der Waals surface area contributed by atoms with Crippen LogP contribution in [0.5, 0.6) is 5.75 Å². The standard InChI is InChI=1S/C19H18BrN3O4/c1-19(2,3)13-7-8-16(15(20)10-13)26-11-17-21-18(22-27-17)12-5-4-6-14(9-12)23(24)25/h4-10H,11H2,1-3H3. The third kappa shape index (κ3) is 4.51. The number of rotatable bonds is 5. The quantitative estimate of drug-likeness (QED) is 0.402. The van der Waals surface area contributed by atoms with Crippen molar-refractivity contribution in [3.05, 3.63) is 68.5 Å². The van der Waals surface area contributed by atoms with E-state index in [-0.39, 0.29) is 29.4 Å². The van der Waals surface area contributed by atoms with Crippen LogP contribution in [0.1, 0.15) is 32.2 Å². The van der Waals surface area contributed by atoms with E-state index in [2.05, 4.69) is 46.8 Å². The van der Waals surface area contributed by atoms with E-state index in [1.54, 1.807) is 12.1 Å². The maximum atomic E-state index is 10.9. The summed E-state index contributed by atoms with van der Waals surface area (Å²) in [6.45, 7) is 6.52. The molecule has 2 aromatic carbocycles. The molecule has 3 rings (SSSR count). The average molecular weight is 432 g/mol. The molecule has 140 valence electrons. The van der Waals surface area contributed by atoms with Gasteiger partial charge in [-0.05, 0) is 39.0 Å². The minimum absolute atomic E-state index is 0.0297. The van der Waals surface area contributed by atoms with Crippen LogP contribution in [0, 0.1) is 10.1 Å². The molecule has 0 unspecified atom stereocenters. The SMILES string of the molecule is CC(C)(C)c1ccc(OCc2nc(-c3cccc([N+](=O)[O-])c3)no2)c(Br)c1. The molecule has 1 heterocycles. The van der Waals surface area contributed by atoms with Gasteiger partial charge in [-0.15, -0.1) is 0 Å². The lowest BCUT2D eigenvalue weighted by Gasteiger charge is -2.20. The number of nitro benzene ring substituents is 1. The molecule has 0 bridgehead atoms. The minimum Gasteiger partial charge on any atom is -0.483 e. The fourth-order valence-corrected chi connectivity index (χ4v) is 2.91. The van der Waals surface area contributed by atoms with Gasteiger partial charge in [0.15, 0.2) is 6.61 Å². The molecule has 3 aromatic rings. The fourth-order valence-electron chi connectivity index (χ4n) is 2.41. The molecule has 1 aromatic heterocycles.